The van der Waals surface area contributed by atoms with Gasteiger partial charge in [0.15, 0.2) is 11.5 Å². The van der Waals surface area contributed by atoms with E-state index in [-0.39, 0.29) is 0 Å². The topological polar surface area (TPSA) is 51.0 Å². The average Bonchev–Trinajstić information content (AvgIpc) is 2.18. The Kier molecular flexibility index (Phi) is 3.14. The van der Waals surface area contributed by atoms with Gasteiger partial charge in [0.05, 0.1) is 20.4 Å². The monoisotopic (exact) mass is 181 g/mol. The Morgan fingerprint density at radius 2 is 1.92 bits per heavy atom. The summed E-state index contributed by atoms with van der Waals surface area (Å²) in [6.07, 6.45) is 1.32. The lowest BCUT2D eigenvalue weighted by Gasteiger charge is -2.06. The minimum atomic E-state index is 0.611. The molecule has 0 heterocycles. The minimum Gasteiger partial charge on any atom is -0.493 e. The standard InChI is InChI=1S/C9H11NO3/c1-12-8-4-3-7(6-10-11)5-9(8)13-2/h3-6,11H,1-2H3. The summed E-state index contributed by atoms with van der Waals surface area (Å²) >= 11 is 0. The van der Waals surface area contributed by atoms with Crippen LogP contribution in [-0.4, -0.2) is 25.6 Å². The lowest BCUT2D eigenvalue weighted by Crippen LogP contribution is -1.91. The van der Waals surface area contributed by atoms with E-state index in [0.29, 0.717) is 11.5 Å². The molecule has 0 amide bonds. The largest absolute Gasteiger partial charge is 0.493 e. The van der Waals surface area contributed by atoms with Gasteiger partial charge in [-0.2, -0.15) is 0 Å². The number of hydrogen-bond acceptors (Lipinski definition) is 4. The zero-order valence-corrected chi connectivity index (χ0v) is 7.52. The fourth-order valence-electron chi connectivity index (χ4n) is 1.000. The number of hydrogen-bond donors (Lipinski definition) is 1. The zero-order valence-electron chi connectivity index (χ0n) is 7.52. The summed E-state index contributed by atoms with van der Waals surface area (Å²) in [5.74, 6) is 1.26. The van der Waals surface area contributed by atoms with Crippen molar-refractivity contribution in [2.45, 2.75) is 0 Å². The highest BCUT2D eigenvalue weighted by Crippen LogP contribution is 2.26. The van der Waals surface area contributed by atoms with Crippen molar-refractivity contribution >= 4 is 6.21 Å². The molecule has 0 saturated heterocycles. The van der Waals surface area contributed by atoms with Crippen LogP contribution in [0.25, 0.3) is 0 Å². The van der Waals surface area contributed by atoms with Crippen LogP contribution in [0.3, 0.4) is 0 Å². The van der Waals surface area contributed by atoms with Crippen LogP contribution in [0.2, 0.25) is 0 Å². The number of benzene rings is 1. The van der Waals surface area contributed by atoms with Crippen molar-refractivity contribution in [3.05, 3.63) is 23.8 Å². The van der Waals surface area contributed by atoms with Gasteiger partial charge in [-0.3, -0.25) is 0 Å². The maximum atomic E-state index is 8.31. The van der Waals surface area contributed by atoms with Crippen LogP contribution >= 0.6 is 0 Å². The van der Waals surface area contributed by atoms with Gasteiger partial charge in [-0.15, -0.1) is 0 Å². The van der Waals surface area contributed by atoms with E-state index >= 15 is 0 Å². The third kappa shape index (κ3) is 2.11. The van der Waals surface area contributed by atoms with Crippen molar-refractivity contribution in [3.8, 4) is 11.5 Å². The smallest absolute Gasteiger partial charge is 0.161 e. The normalized spacial score (nSPS) is 10.3. The highest BCUT2D eigenvalue weighted by Gasteiger charge is 2.02. The molecule has 1 aromatic carbocycles. The predicted octanol–water partition coefficient (Wildman–Crippen LogP) is 1.51. The fraction of sp³-hybridized carbons (Fsp3) is 0.222. The van der Waals surface area contributed by atoms with Crippen LogP contribution in [0.15, 0.2) is 23.4 Å². The van der Waals surface area contributed by atoms with Gasteiger partial charge in [0.25, 0.3) is 0 Å². The molecule has 0 fully saturated rings. The van der Waals surface area contributed by atoms with Gasteiger partial charge >= 0.3 is 0 Å². The molecular weight excluding hydrogens is 170 g/mol. The average molecular weight is 181 g/mol. The molecule has 0 unspecified atom stereocenters. The summed E-state index contributed by atoms with van der Waals surface area (Å²) in [7, 11) is 3.12. The second-order valence-electron chi connectivity index (χ2n) is 2.36. The summed E-state index contributed by atoms with van der Waals surface area (Å²) in [5, 5.41) is 11.2. The van der Waals surface area contributed by atoms with Crippen molar-refractivity contribution in [1.29, 1.82) is 0 Å². The van der Waals surface area contributed by atoms with E-state index in [1.165, 1.54) is 6.21 Å². The van der Waals surface area contributed by atoms with Gasteiger partial charge in [-0.1, -0.05) is 5.16 Å². The number of rotatable bonds is 3. The maximum Gasteiger partial charge on any atom is 0.161 e. The minimum absolute atomic E-state index is 0.611. The van der Waals surface area contributed by atoms with E-state index in [0.717, 1.165) is 5.56 Å². The second kappa shape index (κ2) is 4.35. The lowest BCUT2D eigenvalue weighted by atomic mass is 10.2. The van der Waals surface area contributed by atoms with Crippen LogP contribution in [0.1, 0.15) is 5.56 Å². The second-order valence-corrected chi connectivity index (χ2v) is 2.36. The van der Waals surface area contributed by atoms with E-state index in [4.69, 9.17) is 14.7 Å². The van der Waals surface area contributed by atoms with Crippen LogP contribution in [0.4, 0.5) is 0 Å². The molecule has 0 aliphatic rings. The molecule has 4 heteroatoms. The first-order valence-corrected chi connectivity index (χ1v) is 3.71. The molecule has 1 aromatic rings. The molecule has 13 heavy (non-hydrogen) atoms. The number of ether oxygens (including phenoxy) is 2. The first kappa shape index (κ1) is 9.38. The fourth-order valence-corrected chi connectivity index (χ4v) is 1.000. The Bertz CT molecular complexity index is 310. The zero-order chi connectivity index (χ0) is 9.68. The summed E-state index contributed by atoms with van der Waals surface area (Å²) < 4.78 is 10.1. The van der Waals surface area contributed by atoms with Gasteiger partial charge in [0, 0.05) is 5.56 Å². The van der Waals surface area contributed by atoms with Crippen molar-refractivity contribution in [2.24, 2.45) is 5.16 Å². The maximum absolute atomic E-state index is 8.31. The molecule has 0 aliphatic carbocycles. The summed E-state index contributed by atoms with van der Waals surface area (Å²) in [6.45, 7) is 0. The molecule has 0 spiro atoms. The van der Waals surface area contributed by atoms with Gasteiger partial charge < -0.3 is 14.7 Å². The van der Waals surface area contributed by atoms with Gasteiger partial charge in [0.2, 0.25) is 0 Å². The third-order valence-corrected chi connectivity index (χ3v) is 1.61. The molecule has 1 N–H and O–H groups in total. The predicted molar refractivity (Wildman–Crippen MR) is 48.9 cm³/mol. The summed E-state index contributed by atoms with van der Waals surface area (Å²) in [5.41, 5.74) is 0.750. The number of methoxy groups -OCH3 is 2. The van der Waals surface area contributed by atoms with Crippen molar-refractivity contribution in [3.63, 3.8) is 0 Å². The van der Waals surface area contributed by atoms with Crippen LogP contribution in [-0.2, 0) is 0 Å². The van der Waals surface area contributed by atoms with Gasteiger partial charge in [0.1, 0.15) is 0 Å². The summed E-state index contributed by atoms with van der Waals surface area (Å²) in [6, 6.07) is 5.23. The molecule has 0 bridgehead atoms. The highest BCUT2D eigenvalue weighted by atomic mass is 16.5. The van der Waals surface area contributed by atoms with E-state index in [2.05, 4.69) is 5.16 Å². The third-order valence-electron chi connectivity index (χ3n) is 1.61. The Balaban J connectivity index is 3.05. The van der Waals surface area contributed by atoms with Gasteiger partial charge in [-0.25, -0.2) is 0 Å². The van der Waals surface area contributed by atoms with Crippen LogP contribution in [0, 0.1) is 0 Å². The Morgan fingerprint density at radius 3 is 2.46 bits per heavy atom. The number of oxime groups is 1. The van der Waals surface area contributed by atoms with Crippen molar-refractivity contribution in [1.82, 2.24) is 0 Å². The molecule has 70 valence electrons. The first-order valence-electron chi connectivity index (χ1n) is 3.71. The highest BCUT2D eigenvalue weighted by molar-refractivity contribution is 5.80. The van der Waals surface area contributed by atoms with Gasteiger partial charge in [-0.05, 0) is 18.2 Å². The van der Waals surface area contributed by atoms with E-state index in [1.54, 1.807) is 32.4 Å². The van der Waals surface area contributed by atoms with E-state index in [9.17, 15) is 0 Å². The Hall–Kier alpha value is -1.71. The molecule has 0 atom stereocenters. The quantitative estimate of drug-likeness (QED) is 0.437. The summed E-state index contributed by atoms with van der Waals surface area (Å²) in [4.78, 5) is 0. The van der Waals surface area contributed by atoms with Crippen molar-refractivity contribution < 1.29 is 14.7 Å². The Labute approximate surface area is 76.4 Å². The van der Waals surface area contributed by atoms with E-state index < -0.39 is 0 Å². The number of nitrogens with zero attached hydrogens (tertiary/aromatic N) is 1. The molecule has 0 radical (unpaired) electrons. The first-order chi connectivity index (χ1) is 6.31. The molecule has 0 aliphatic heterocycles. The van der Waals surface area contributed by atoms with Crippen LogP contribution < -0.4 is 9.47 Å². The SMILES string of the molecule is COc1ccc(C=NO)cc1OC. The molecule has 0 aromatic heterocycles. The van der Waals surface area contributed by atoms with E-state index in [1.807, 2.05) is 0 Å². The lowest BCUT2D eigenvalue weighted by molar-refractivity contribution is 0.321. The van der Waals surface area contributed by atoms with Crippen molar-refractivity contribution in [2.75, 3.05) is 14.2 Å². The molecule has 0 saturated carbocycles. The molecular formula is C9H11NO3. The Morgan fingerprint density at radius 1 is 1.23 bits per heavy atom. The van der Waals surface area contributed by atoms with Crippen LogP contribution in [0.5, 0.6) is 11.5 Å². The molecule has 1 rings (SSSR count). The molecule has 4 nitrogen and oxygen atoms in total.